The van der Waals surface area contributed by atoms with Crippen LogP contribution in [-0.2, 0) is 0 Å². The van der Waals surface area contributed by atoms with Gasteiger partial charge in [-0.15, -0.1) is 0 Å². The summed E-state index contributed by atoms with van der Waals surface area (Å²) in [5.41, 5.74) is 6.73. The van der Waals surface area contributed by atoms with Gasteiger partial charge in [0.15, 0.2) is 0 Å². The smallest absolute Gasteiger partial charge is 0.124 e. The van der Waals surface area contributed by atoms with Crippen molar-refractivity contribution in [2.24, 2.45) is 16.6 Å². The highest BCUT2D eigenvalue weighted by Crippen LogP contribution is 2.29. The van der Waals surface area contributed by atoms with Crippen LogP contribution >= 0.6 is 15.9 Å². The molecule has 1 aromatic rings. The third-order valence-corrected chi connectivity index (χ3v) is 3.82. The number of aliphatic imine (C=N–C) groups is 1. The third-order valence-electron chi connectivity index (χ3n) is 3.18. The molecule has 1 aliphatic rings. The highest BCUT2D eigenvalue weighted by Gasteiger charge is 2.17. The molecule has 2 N–H and O–H groups in total. The Labute approximate surface area is 109 Å². The van der Waals surface area contributed by atoms with Crippen molar-refractivity contribution >= 4 is 27.5 Å². The molecular weight excluding hydrogens is 283 g/mol. The number of benzene rings is 1. The summed E-state index contributed by atoms with van der Waals surface area (Å²) in [5, 5.41) is 0. The highest BCUT2D eigenvalue weighted by molar-refractivity contribution is 9.10. The fourth-order valence-electron chi connectivity index (χ4n) is 2.20. The van der Waals surface area contributed by atoms with E-state index < -0.39 is 0 Å². The Kier molecular flexibility index (Phi) is 4.15. The molecule has 0 spiro atoms. The maximum absolute atomic E-state index is 12.9. The predicted molar refractivity (Wildman–Crippen MR) is 72.0 cm³/mol. The lowest BCUT2D eigenvalue weighted by atomic mass is 9.88. The zero-order chi connectivity index (χ0) is 12.3. The number of hydrogen-bond acceptors (Lipinski definition) is 1. The molecule has 2 nitrogen and oxygen atoms in total. The van der Waals surface area contributed by atoms with Gasteiger partial charge >= 0.3 is 0 Å². The molecule has 4 heteroatoms. The van der Waals surface area contributed by atoms with Crippen molar-refractivity contribution in [3.8, 4) is 0 Å². The zero-order valence-electron chi connectivity index (χ0n) is 9.63. The maximum atomic E-state index is 12.9. The van der Waals surface area contributed by atoms with Gasteiger partial charge in [-0.2, -0.15) is 0 Å². The van der Waals surface area contributed by atoms with Crippen LogP contribution in [0.3, 0.4) is 0 Å². The first-order valence-corrected chi connectivity index (χ1v) is 6.75. The van der Waals surface area contributed by atoms with Gasteiger partial charge in [-0.25, -0.2) is 9.38 Å². The van der Waals surface area contributed by atoms with E-state index in [1.807, 2.05) is 0 Å². The second kappa shape index (κ2) is 5.63. The molecule has 17 heavy (non-hydrogen) atoms. The molecule has 0 radical (unpaired) electrons. The molecule has 0 saturated heterocycles. The Morgan fingerprint density at radius 3 is 2.65 bits per heavy atom. The van der Waals surface area contributed by atoms with Crippen LogP contribution in [0.25, 0.3) is 0 Å². The minimum atomic E-state index is -0.271. The molecule has 0 aromatic heterocycles. The van der Waals surface area contributed by atoms with E-state index in [1.165, 1.54) is 31.4 Å². The summed E-state index contributed by atoms with van der Waals surface area (Å²) in [7, 11) is 0. The van der Waals surface area contributed by atoms with E-state index in [2.05, 4.69) is 20.9 Å². The van der Waals surface area contributed by atoms with E-state index in [-0.39, 0.29) is 5.82 Å². The van der Waals surface area contributed by atoms with Crippen molar-refractivity contribution in [1.82, 2.24) is 0 Å². The molecule has 92 valence electrons. The molecule has 1 fully saturated rings. The fourth-order valence-corrected chi connectivity index (χ4v) is 2.64. The lowest BCUT2D eigenvalue weighted by molar-refractivity contribution is 0.437. The van der Waals surface area contributed by atoms with E-state index in [0.29, 0.717) is 21.9 Å². The lowest BCUT2D eigenvalue weighted by Gasteiger charge is -2.20. The first-order chi connectivity index (χ1) is 8.16. The van der Waals surface area contributed by atoms with Crippen molar-refractivity contribution < 1.29 is 4.39 Å². The standard InChI is InChI=1S/C13H16BrFN2/c14-11-8-10(15)6-7-12(11)17-13(16)9-4-2-1-3-5-9/h6-9H,1-5H2,(H2,16,17). The number of hydrogen-bond donors (Lipinski definition) is 1. The third kappa shape index (κ3) is 3.28. The van der Waals surface area contributed by atoms with Gasteiger partial charge in [0.1, 0.15) is 11.7 Å². The van der Waals surface area contributed by atoms with Gasteiger partial charge in [-0.3, -0.25) is 0 Å². The maximum Gasteiger partial charge on any atom is 0.124 e. The summed E-state index contributed by atoms with van der Waals surface area (Å²) < 4.78 is 13.6. The summed E-state index contributed by atoms with van der Waals surface area (Å²) >= 11 is 3.30. The Morgan fingerprint density at radius 1 is 1.29 bits per heavy atom. The van der Waals surface area contributed by atoms with Crippen molar-refractivity contribution in [2.75, 3.05) is 0 Å². The van der Waals surface area contributed by atoms with Gasteiger partial charge in [-0.1, -0.05) is 19.3 Å². The second-order valence-corrected chi connectivity index (χ2v) is 5.32. The summed E-state index contributed by atoms with van der Waals surface area (Å²) in [6, 6.07) is 4.46. The van der Waals surface area contributed by atoms with Gasteiger partial charge in [-0.05, 0) is 47.0 Å². The summed E-state index contributed by atoms with van der Waals surface area (Å²) in [6.07, 6.45) is 5.99. The van der Waals surface area contributed by atoms with E-state index >= 15 is 0 Å². The van der Waals surface area contributed by atoms with Crippen LogP contribution in [0, 0.1) is 11.7 Å². The Balaban J connectivity index is 2.16. The average Bonchev–Trinajstić information content (AvgIpc) is 2.34. The molecule has 2 rings (SSSR count). The summed E-state index contributed by atoms with van der Waals surface area (Å²) in [6.45, 7) is 0. The SMILES string of the molecule is NC(=Nc1ccc(F)cc1Br)C1CCCCC1. The Hall–Kier alpha value is -0.900. The Bertz CT molecular complexity index is 425. The lowest BCUT2D eigenvalue weighted by Crippen LogP contribution is -2.25. The predicted octanol–water partition coefficient (Wildman–Crippen LogP) is 4.16. The van der Waals surface area contributed by atoms with Crippen molar-refractivity contribution in [2.45, 2.75) is 32.1 Å². The van der Waals surface area contributed by atoms with Gasteiger partial charge in [0.25, 0.3) is 0 Å². The molecule has 0 amide bonds. The monoisotopic (exact) mass is 298 g/mol. The van der Waals surface area contributed by atoms with E-state index in [1.54, 1.807) is 6.07 Å². The largest absolute Gasteiger partial charge is 0.387 e. The second-order valence-electron chi connectivity index (χ2n) is 4.47. The highest BCUT2D eigenvalue weighted by atomic mass is 79.9. The molecule has 0 atom stereocenters. The number of nitrogens with zero attached hydrogens (tertiary/aromatic N) is 1. The Morgan fingerprint density at radius 2 is 2.00 bits per heavy atom. The minimum Gasteiger partial charge on any atom is -0.387 e. The number of amidine groups is 1. The van der Waals surface area contributed by atoms with Crippen LogP contribution in [0.2, 0.25) is 0 Å². The first kappa shape index (κ1) is 12.6. The van der Waals surface area contributed by atoms with Crippen LogP contribution in [0.15, 0.2) is 27.7 Å². The van der Waals surface area contributed by atoms with Gasteiger partial charge in [0.2, 0.25) is 0 Å². The molecular formula is C13H16BrFN2. The quantitative estimate of drug-likeness (QED) is 0.646. The summed E-state index contributed by atoms with van der Waals surface area (Å²) in [5.74, 6) is 0.796. The average molecular weight is 299 g/mol. The van der Waals surface area contributed by atoms with E-state index in [0.717, 1.165) is 12.8 Å². The molecule has 0 bridgehead atoms. The first-order valence-electron chi connectivity index (χ1n) is 5.96. The zero-order valence-corrected chi connectivity index (χ0v) is 11.2. The van der Waals surface area contributed by atoms with Crippen molar-refractivity contribution in [3.05, 3.63) is 28.5 Å². The van der Waals surface area contributed by atoms with Crippen molar-refractivity contribution in [1.29, 1.82) is 0 Å². The van der Waals surface area contributed by atoms with Gasteiger partial charge < -0.3 is 5.73 Å². The van der Waals surface area contributed by atoms with Crippen LogP contribution in [0.5, 0.6) is 0 Å². The van der Waals surface area contributed by atoms with Crippen LogP contribution in [0.4, 0.5) is 10.1 Å². The van der Waals surface area contributed by atoms with Crippen molar-refractivity contribution in [3.63, 3.8) is 0 Å². The van der Waals surface area contributed by atoms with Gasteiger partial charge in [0, 0.05) is 10.4 Å². The number of nitrogens with two attached hydrogens (primary N) is 1. The topological polar surface area (TPSA) is 38.4 Å². The summed E-state index contributed by atoms with van der Waals surface area (Å²) in [4.78, 5) is 4.40. The number of rotatable bonds is 2. The molecule has 1 aliphatic carbocycles. The molecule has 1 aromatic carbocycles. The fraction of sp³-hybridized carbons (Fsp3) is 0.462. The molecule has 0 heterocycles. The van der Waals surface area contributed by atoms with Crippen LogP contribution in [0.1, 0.15) is 32.1 Å². The van der Waals surface area contributed by atoms with Crippen LogP contribution < -0.4 is 5.73 Å². The molecule has 0 unspecified atom stereocenters. The normalized spacial score (nSPS) is 18.4. The molecule has 1 saturated carbocycles. The molecule has 0 aliphatic heterocycles. The minimum absolute atomic E-state index is 0.271. The number of halogens is 2. The van der Waals surface area contributed by atoms with E-state index in [4.69, 9.17) is 5.73 Å². The van der Waals surface area contributed by atoms with Gasteiger partial charge in [0.05, 0.1) is 5.69 Å². The van der Waals surface area contributed by atoms with E-state index in [9.17, 15) is 4.39 Å². The van der Waals surface area contributed by atoms with Crippen LogP contribution in [-0.4, -0.2) is 5.84 Å².